The van der Waals surface area contributed by atoms with Crippen molar-refractivity contribution in [3.8, 4) is 0 Å². The fraction of sp³-hybridized carbons (Fsp3) is 0.429. The summed E-state index contributed by atoms with van der Waals surface area (Å²) in [5.74, 6) is -1.98. The summed E-state index contributed by atoms with van der Waals surface area (Å²) in [7, 11) is 0. The molecule has 110 valence electrons. The first kappa shape index (κ1) is 14.8. The van der Waals surface area contributed by atoms with Crippen LogP contribution in [-0.4, -0.2) is 16.1 Å². The second-order valence-corrected chi connectivity index (χ2v) is 4.94. The minimum Gasteiger partial charge on any atom is -0.470 e. The molecule has 0 spiro atoms. The molecule has 0 aliphatic heterocycles. The number of nitrogens with zero attached hydrogens (tertiary/aromatic N) is 3. The number of hydrogen-bond donors (Lipinski definition) is 1. The molecule has 2 rings (SSSR count). The standard InChI is InChI=1S/C14H15N3O4/c15-16-13(17(19)20)14(18)21-12-9-5-4-8-11(12)10-6-2-1-3-7-10/h1-3,6-7,11-12H,4-5,8-9H2/p+1/b14-13+/t11-,12+/m1/s1. The van der Waals surface area contributed by atoms with Gasteiger partial charge >= 0.3 is 11.8 Å². The summed E-state index contributed by atoms with van der Waals surface area (Å²) in [4.78, 5) is 12.1. The summed E-state index contributed by atoms with van der Waals surface area (Å²) >= 11 is 0. The Kier molecular flexibility index (Phi) is 4.72. The van der Waals surface area contributed by atoms with Crippen LogP contribution in [0.15, 0.2) is 42.1 Å². The Morgan fingerprint density at radius 2 is 2.00 bits per heavy atom. The van der Waals surface area contributed by atoms with Crippen LogP contribution in [0.25, 0.3) is 4.98 Å². The van der Waals surface area contributed by atoms with Gasteiger partial charge in [-0.25, -0.2) is 0 Å². The molecule has 0 saturated heterocycles. The highest BCUT2D eigenvalue weighted by Gasteiger charge is 2.39. The smallest absolute Gasteiger partial charge is 0.470 e. The van der Waals surface area contributed by atoms with Crippen molar-refractivity contribution in [3.63, 3.8) is 0 Å². The Hall–Kier alpha value is -2.62. The summed E-state index contributed by atoms with van der Waals surface area (Å²) in [5, 5.41) is 28.8. The average Bonchev–Trinajstić information content (AvgIpc) is 2.49. The Morgan fingerprint density at radius 3 is 2.62 bits per heavy atom. The van der Waals surface area contributed by atoms with Crippen molar-refractivity contribution in [2.24, 2.45) is 0 Å². The molecule has 7 heteroatoms. The molecule has 2 atom stereocenters. The first-order valence-corrected chi connectivity index (χ1v) is 6.77. The van der Waals surface area contributed by atoms with Crippen molar-refractivity contribution in [2.45, 2.75) is 37.7 Å². The molecular formula is C14H16N3O4+. The third-order valence-electron chi connectivity index (χ3n) is 3.65. The van der Waals surface area contributed by atoms with Crippen molar-refractivity contribution in [2.75, 3.05) is 0 Å². The third-order valence-corrected chi connectivity index (χ3v) is 3.65. The van der Waals surface area contributed by atoms with E-state index in [1.165, 1.54) is 0 Å². The van der Waals surface area contributed by atoms with Gasteiger partial charge in [-0.2, -0.15) is 0 Å². The molecular weight excluding hydrogens is 274 g/mol. The second-order valence-electron chi connectivity index (χ2n) is 4.94. The third kappa shape index (κ3) is 3.48. The Labute approximate surface area is 121 Å². The number of diazo groups is 1. The number of hydrogen-bond acceptors (Lipinski definition) is 5. The number of ether oxygens (including phenoxy) is 1. The minimum atomic E-state index is -1.08. The number of nitro groups is 1. The SMILES string of the molecule is N#[N+]/C(=C(/O)O[C@H]1CCCC[C@@H]1c1ccccc1)[N+](=O)[O-]. The van der Waals surface area contributed by atoms with E-state index in [1.54, 1.807) is 0 Å². The van der Waals surface area contributed by atoms with Crippen LogP contribution in [0.1, 0.15) is 37.2 Å². The van der Waals surface area contributed by atoms with E-state index in [1.807, 2.05) is 30.3 Å². The largest absolute Gasteiger partial charge is 0.747 e. The van der Waals surface area contributed by atoms with Crippen molar-refractivity contribution in [1.29, 1.82) is 5.39 Å². The summed E-state index contributed by atoms with van der Waals surface area (Å²) < 4.78 is 5.31. The zero-order valence-electron chi connectivity index (χ0n) is 11.4. The molecule has 7 nitrogen and oxygen atoms in total. The molecule has 1 saturated carbocycles. The van der Waals surface area contributed by atoms with E-state index in [0.29, 0.717) is 6.42 Å². The quantitative estimate of drug-likeness (QED) is 0.395. The average molecular weight is 290 g/mol. The van der Waals surface area contributed by atoms with Crippen LogP contribution < -0.4 is 0 Å². The van der Waals surface area contributed by atoms with Gasteiger partial charge in [0.25, 0.3) is 4.98 Å². The second kappa shape index (κ2) is 6.70. The molecule has 0 aromatic heterocycles. The maximum atomic E-state index is 10.6. The predicted molar refractivity (Wildman–Crippen MR) is 74.3 cm³/mol. The highest BCUT2D eigenvalue weighted by molar-refractivity contribution is 5.21. The van der Waals surface area contributed by atoms with Gasteiger partial charge in [0.1, 0.15) is 6.10 Å². The Balaban J connectivity index is 2.21. The Bertz CT molecular complexity index is 580. The van der Waals surface area contributed by atoms with Gasteiger partial charge in [-0.15, -0.1) is 0 Å². The van der Waals surface area contributed by atoms with Gasteiger partial charge in [0.05, 0.1) is 0 Å². The molecule has 1 aliphatic rings. The molecule has 1 fully saturated rings. The van der Waals surface area contributed by atoms with Crippen LogP contribution >= 0.6 is 0 Å². The minimum absolute atomic E-state index is 0.0498. The summed E-state index contributed by atoms with van der Waals surface area (Å²) in [6.07, 6.45) is 3.14. The lowest BCUT2D eigenvalue weighted by molar-refractivity contribution is -0.426. The van der Waals surface area contributed by atoms with Gasteiger partial charge in [0.15, 0.2) is 4.92 Å². The molecule has 0 amide bonds. The first-order valence-electron chi connectivity index (χ1n) is 6.77. The van der Waals surface area contributed by atoms with E-state index in [2.05, 4.69) is 4.98 Å². The highest BCUT2D eigenvalue weighted by Crippen LogP contribution is 2.36. The number of rotatable bonds is 4. The predicted octanol–water partition coefficient (Wildman–Crippen LogP) is 3.54. The van der Waals surface area contributed by atoms with Gasteiger partial charge in [0.2, 0.25) is 5.39 Å². The highest BCUT2D eigenvalue weighted by atomic mass is 16.6. The van der Waals surface area contributed by atoms with Crippen molar-refractivity contribution >= 4 is 0 Å². The van der Waals surface area contributed by atoms with Crippen molar-refractivity contribution < 1.29 is 14.8 Å². The van der Waals surface area contributed by atoms with E-state index >= 15 is 0 Å². The Morgan fingerprint density at radius 1 is 1.33 bits per heavy atom. The van der Waals surface area contributed by atoms with Crippen LogP contribution in [-0.2, 0) is 4.74 Å². The fourth-order valence-corrected chi connectivity index (χ4v) is 2.67. The molecule has 0 bridgehead atoms. The molecule has 1 aromatic carbocycles. The molecule has 21 heavy (non-hydrogen) atoms. The van der Waals surface area contributed by atoms with Crippen molar-refractivity contribution in [1.82, 2.24) is 0 Å². The normalized spacial score (nSPS) is 22.8. The summed E-state index contributed by atoms with van der Waals surface area (Å²) in [5.41, 5.74) is 1.07. The number of aliphatic hydroxyl groups excluding tert-OH is 1. The van der Waals surface area contributed by atoms with Gasteiger partial charge in [-0.1, -0.05) is 36.8 Å². The molecule has 0 heterocycles. The van der Waals surface area contributed by atoms with E-state index in [9.17, 15) is 15.2 Å². The van der Waals surface area contributed by atoms with Gasteiger partial charge < -0.3 is 9.84 Å². The molecule has 1 aliphatic carbocycles. The van der Waals surface area contributed by atoms with Crippen LogP contribution in [0.5, 0.6) is 0 Å². The van der Waals surface area contributed by atoms with Crippen LogP contribution in [0.4, 0.5) is 0 Å². The molecule has 0 unspecified atom stereocenters. The van der Waals surface area contributed by atoms with Gasteiger partial charge in [-0.05, 0) is 24.8 Å². The maximum absolute atomic E-state index is 10.6. The zero-order valence-corrected chi connectivity index (χ0v) is 11.4. The van der Waals surface area contributed by atoms with Crippen molar-refractivity contribution in [3.05, 3.63) is 62.8 Å². The first-order chi connectivity index (χ1) is 10.1. The van der Waals surface area contributed by atoms with E-state index < -0.39 is 16.7 Å². The maximum Gasteiger partial charge on any atom is 0.747 e. The summed E-state index contributed by atoms with van der Waals surface area (Å²) in [6.45, 7) is 0. The van der Waals surface area contributed by atoms with E-state index in [0.717, 1.165) is 24.8 Å². The fourth-order valence-electron chi connectivity index (χ4n) is 2.67. The van der Waals surface area contributed by atoms with Gasteiger partial charge in [-0.3, -0.25) is 10.1 Å². The lowest BCUT2D eigenvalue weighted by atomic mass is 9.81. The molecule has 1 N–H and O–H groups in total. The molecule has 0 radical (unpaired) electrons. The van der Waals surface area contributed by atoms with Gasteiger partial charge in [0, 0.05) is 5.92 Å². The topological polar surface area (TPSA) is 101 Å². The summed E-state index contributed by atoms with van der Waals surface area (Å²) in [6, 6.07) is 9.69. The lowest BCUT2D eigenvalue weighted by Gasteiger charge is -2.30. The zero-order chi connectivity index (χ0) is 15.2. The van der Waals surface area contributed by atoms with Crippen LogP contribution in [0.2, 0.25) is 0 Å². The van der Waals surface area contributed by atoms with E-state index in [-0.39, 0.29) is 12.0 Å². The lowest BCUT2D eigenvalue weighted by Crippen LogP contribution is -2.26. The molecule has 1 aromatic rings. The number of benzene rings is 1. The van der Waals surface area contributed by atoms with Crippen LogP contribution in [0.3, 0.4) is 0 Å². The monoisotopic (exact) mass is 290 g/mol. The van der Waals surface area contributed by atoms with E-state index in [4.69, 9.17) is 10.1 Å². The van der Waals surface area contributed by atoms with Crippen LogP contribution in [0, 0.1) is 15.5 Å². The number of aliphatic hydroxyl groups is 1.